The van der Waals surface area contributed by atoms with Crippen molar-refractivity contribution < 1.29 is 18.0 Å². The van der Waals surface area contributed by atoms with Crippen molar-refractivity contribution in [3.05, 3.63) is 47.4 Å². The standard InChI is InChI=1S/C17H17F3N4O/c1-11-21-14(16(25)24-8-4-5-9-24)10-15(22-11)23-13-7-3-2-6-12(13)17(18,19)20/h2-3,6-7,10H,4-5,8-9H2,1H3,(H,21,22,23). The Morgan fingerprint density at radius 3 is 2.52 bits per heavy atom. The molecule has 0 atom stereocenters. The first-order valence-corrected chi connectivity index (χ1v) is 7.93. The lowest BCUT2D eigenvalue weighted by Crippen LogP contribution is -2.28. The SMILES string of the molecule is Cc1nc(Nc2ccccc2C(F)(F)F)cc(C(=O)N2CCCC2)n1. The summed E-state index contributed by atoms with van der Waals surface area (Å²) in [6.45, 7) is 2.94. The lowest BCUT2D eigenvalue weighted by atomic mass is 10.1. The molecule has 0 spiro atoms. The van der Waals surface area contributed by atoms with Crippen molar-refractivity contribution in [1.29, 1.82) is 0 Å². The number of amides is 1. The number of alkyl halides is 3. The third-order valence-corrected chi connectivity index (χ3v) is 3.95. The largest absolute Gasteiger partial charge is 0.418 e. The van der Waals surface area contributed by atoms with Gasteiger partial charge >= 0.3 is 6.18 Å². The average molecular weight is 350 g/mol. The Morgan fingerprint density at radius 2 is 1.84 bits per heavy atom. The van der Waals surface area contributed by atoms with Crippen LogP contribution in [0, 0.1) is 6.92 Å². The number of aryl methyl sites for hydroxylation is 1. The van der Waals surface area contributed by atoms with Crippen LogP contribution in [-0.2, 0) is 6.18 Å². The molecular weight excluding hydrogens is 333 g/mol. The third kappa shape index (κ3) is 3.89. The molecule has 0 saturated carbocycles. The smallest absolute Gasteiger partial charge is 0.340 e. The van der Waals surface area contributed by atoms with E-state index in [1.165, 1.54) is 24.3 Å². The molecule has 1 aliphatic heterocycles. The molecule has 1 aromatic heterocycles. The van der Waals surface area contributed by atoms with Crippen molar-refractivity contribution in [3.8, 4) is 0 Å². The van der Waals surface area contributed by atoms with Gasteiger partial charge in [-0.2, -0.15) is 13.2 Å². The second-order valence-corrected chi connectivity index (χ2v) is 5.85. The molecule has 0 bridgehead atoms. The second-order valence-electron chi connectivity index (χ2n) is 5.85. The van der Waals surface area contributed by atoms with Crippen molar-refractivity contribution in [3.63, 3.8) is 0 Å². The Labute approximate surface area is 142 Å². The summed E-state index contributed by atoms with van der Waals surface area (Å²) in [6.07, 6.45) is -2.60. The predicted octanol–water partition coefficient (Wildman–Crippen LogP) is 3.78. The van der Waals surface area contributed by atoms with E-state index in [4.69, 9.17) is 0 Å². The van der Waals surface area contributed by atoms with Gasteiger partial charge in [-0.1, -0.05) is 12.1 Å². The monoisotopic (exact) mass is 350 g/mol. The highest BCUT2D eigenvalue weighted by molar-refractivity contribution is 5.93. The van der Waals surface area contributed by atoms with E-state index in [1.807, 2.05) is 0 Å². The minimum atomic E-state index is -4.49. The molecule has 2 aromatic rings. The van der Waals surface area contributed by atoms with Crippen molar-refractivity contribution in [2.75, 3.05) is 18.4 Å². The quantitative estimate of drug-likeness (QED) is 0.915. The lowest BCUT2D eigenvalue weighted by molar-refractivity contribution is -0.136. The Hall–Kier alpha value is -2.64. The minimum absolute atomic E-state index is 0.118. The minimum Gasteiger partial charge on any atom is -0.340 e. The van der Waals surface area contributed by atoms with Crippen LogP contribution in [-0.4, -0.2) is 33.9 Å². The van der Waals surface area contributed by atoms with Crippen LogP contribution in [0.4, 0.5) is 24.7 Å². The van der Waals surface area contributed by atoms with Gasteiger partial charge in [0.05, 0.1) is 11.3 Å². The van der Waals surface area contributed by atoms with E-state index in [2.05, 4.69) is 15.3 Å². The maximum Gasteiger partial charge on any atom is 0.418 e. The Bertz CT molecular complexity index is 786. The fourth-order valence-corrected chi connectivity index (χ4v) is 2.80. The number of hydrogen-bond acceptors (Lipinski definition) is 4. The highest BCUT2D eigenvalue weighted by Crippen LogP contribution is 2.35. The lowest BCUT2D eigenvalue weighted by Gasteiger charge is -2.17. The highest BCUT2D eigenvalue weighted by Gasteiger charge is 2.33. The van der Waals surface area contributed by atoms with Gasteiger partial charge in [0.25, 0.3) is 5.91 Å². The fourth-order valence-electron chi connectivity index (χ4n) is 2.80. The Kier molecular flexibility index (Phi) is 4.61. The maximum atomic E-state index is 13.1. The molecule has 8 heteroatoms. The molecule has 1 saturated heterocycles. The molecule has 1 N–H and O–H groups in total. The van der Waals surface area contributed by atoms with Crippen molar-refractivity contribution >= 4 is 17.4 Å². The number of rotatable bonds is 3. The van der Waals surface area contributed by atoms with E-state index in [-0.39, 0.29) is 23.1 Å². The summed E-state index contributed by atoms with van der Waals surface area (Å²) in [4.78, 5) is 22.4. The zero-order chi connectivity index (χ0) is 18.0. The Morgan fingerprint density at radius 1 is 1.16 bits per heavy atom. The van der Waals surface area contributed by atoms with Gasteiger partial charge < -0.3 is 10.2 Å². The highest BCUT2D eigenvalue weighted by atomic mass is 19.4. The van der Waals surface area contributed by atoms with E-state index >= 15 is 0 Å². The molecule has 3 rings (SSSR count). The van der Waals surface area contributed by atoms with Crippen LogP contribution in [0.5, 0.6) is 0 Å². The van der Waals surface area contributed by atoms with Gasteiger partial charge in [0.15, 0.2) is 0 Å². The van der Waals surface area contributed by atoms with Crippen LogP contribution in [0.25, 0.3) is 0 Å². The van der Waals surface area contributed by atoms with Crippen LogP contribution in [0.1, 0.15) is 34.7 Å². The first kappa shape index (κ1) is 17.2. The molecule has 25 heavy (non-hydrogen) atoms. The van der Waals surface area contributed by atoms with Crippen molar-refractivity contribution in [1.82, 2.24) is 14.9 Å². The van der Waals surface area contributed by atoms with E-state index in [9.17, 15) is 18.0 Å². The predicted molar refractivity (Wildman–Crippen MR) is 86.6 cm³/mol. The Balaban J connectivity index is 1.90. The molecule has 1 amide bonds. The molecule has 2 heterocycles. The van der Waals surface area contributed by atoms with E-state index in [1.54, 1.807) is 11.8 Å². The molecule has 1 aliphatic rings. The molecule has 1 fully saturated rings. The topological polar surface area (TPSA) is 58.1 Å². The number of para-hydroxylation sites is 1. The van der Waals surface area contributed by atoms with Crippen molar-refractivity contribution in [2.24, 2.45) is 0 Å². The van der Waals surface area contributed by atoms with Gasteiger partial charge in [0, 0.05) is 19.2 Å². The number of hydrogen-bond donors (Lipinski definition) is 1. The van der Waals surface area contributed by atoms with E-state index in [0.29, 0.717) is 18.9 Å². The van der Waals surface area contributed by atoms with Crippen LogP contribution >= 0.6 is 0 Å². The van der Waals surface area contributed by atoms with Crippen LogP contribution < -0.4 is 5.32 Å². The summed E-state index contributed by atoms with van der Waals surface area (Å²) in [7, 11) is 0. The van der Waals surface area contributed by atoms with Gasteiger partial charge in [-0.15, -0.1) is 0 Å². The molecule has 0 aliphatic carbocycles. The fraction of sp³-hybridized carbons (Fsp3) is 0.353. The van der Waals surface area contributed by atoms with Gasteiger partial charge in [-0.05, 0) is 31.9 Å². The van der Waals surface area contributed by atoms with Gasteiger partial charge in [-0.3, -0.25) is 4.79 Å². The molecule has 0 unspecified atom stereocenters. The average Bonchev–Trinajstić information content (AvgIpc) is 3.07. The zero-order valence-corrected chi connectivity index (χ0v) is 13.6. The van der Waals surface area contributed by atoms with E-state index in [0.717, 1.165) is 18.9 Å². The van der Waals surface area contributed by atoms with Gasteiger partial charge in [-0.25, -0.2) is 9.97 Å². The number of carbonyl (C=O) groups is 1. The molecule has 0 radical (unpaired) electrons. The second kappa shape index (κ2) is 6.70. The van der Waals surface area contributed by atoms with Crippen LogP contribution in [0.2, 0.25) is 0 Å². The van der Waals surface area contributed by atoms with E-state index < -0.39 is 11.7 Å². The number of carbonyl (C=O) groups excluding carboxylic acids is 1. The zero-order valence-electron chi connectivity index (χ0n) is 13.6. The normalized spacial score (nSPS) is 14.6. The number of anilines is 2. The van der Waals surface area contributed by atoms with Crippen molar-refractivity contribution in [2.45, 2.75) is 25.9 Å². The van der Waals surface area contributed by atoms with Gasteiger partial charge in [0.1, 0.15) is 17.3 Å². The first-order chi connectivity index (χ1) is 11.8. The summed E-state index contributed by atoms with van der Waals surface area (Å²) >= 11 is 0. The first-order valence-electron chi connectivity index (χ1n) is 7.93. The summed E-state index contributed by atoms with van der Waals surface area (Å²) in [6, 6.07) is 6.53. The third-order valence-electron chi connectivity index (χ3n) is 3.95. The number of halogens is 3. The van der Waals surface area contributed by atoms with Crippen LogP contribution in [0.3, 0.4) is 0 Å². The summed E-state index contributed by atoms with van der Waals surface area (Å²) in [5.41, 5.74) is -0.729. The van der Waals surface area contributed by atoms with Crippen LogP contribution in [0.15, 0.2) is 30.3 Å². The molecular formula is C17H17F3N4O. The molecule has 132 valence electrons. The van der Waals surface area contributed by atoms with Gasteiger partial charge in [0.2, 0.25) is 0 Å². The molecule has 5 nitrogen and oxygen atoms in total. The maximum absolute atomic E-state index is 13.1. The number of likely N-dealkylation sites (tertiary alicyclic amines) is 1. The number of nitrogens with one attached hydrogen (secondary N) is 1. The summed E-state index contributed by atoms with van der Waals surface area (Å²) < 4.78 is 39.3. The number of aromatic nitrogens is 2. The molecule has 1 aromatic carbocycles. The summed E-state index contributed by atoms with van der Waals surface area (Å²) in [5, 5.41) is 2.66. The summed E-state index contributed by atoms with van der Waals surface area (Å²) in [5.74, 6) is 0.249. The number of benzene rings is 1. The number of nitrogens with zero attached hydrogens (tertiary/aromatic N) is 3.